The lowest BCUT2D eigenvalue weighted by atomic mass is 9.73. The van der Waals surface area contributed by atoms with Gasteiger partial charge in [-0.3, -0.25) is 19.3 Å². The van der Waals surface area contributed by atoms with E-state index in [1.165, 1.54) is 0 Å². The van der Waals surface area contributed by atoms with E-state index < -0.39 is 42.5 Å². The van der Waals surface area contributed by atoms with E-state index in [1.54, 1.807) is 0 Å². The maximum atomic E-state index is 13.0. The van der Waals surface area contributed by atoms with Crippen molar-refractivity contribution >= 4 is 29.5 Å². The lowest BCUT2D eigenvalue weighted by Crippen LogP contribution is -2.54. The van der Waals surface area contributed by atoms with Gasteiger partial charge in [0.15, 0.2) is 6.61 Å². The topological polar surface area (TPSA) is 117 Å². The lowest BCUT2D eigenvalue weighted by molar-refractivity contribution is -0.151. The van der Waals surface area contributed by atoms with Gasteiger partial charge in [-0.2, -0.15) is 5.10 Å². The van der Waals surface area contributed by atoms with E-state index >= 15 is 0 Å². The summed E-state index contributed by atoms with van der Waals surface area (Å²) in [6, 6.07) is 18.1. The van der Waals surface area contributed by atoms with Gasteiger partial charge >= 0.3 is 12.0 Å². The zero-order chi connectivity index (χ0) is 24.8. The molecule has 9 heteroatoms. The smallest absolute Gasteiger partial charge is 0.326 e. The number of nitrogens with zero attached hydrogens (tertiary/aromatic N) is 2. The third-order valence-electron chi connectivity index (χ3n) is 6.54. The number of hydrazone groups is 1. The Hall–Kier alpha value is -4.01. The van der Waals surface area contributed by atoms with Crippen LogP contribution < -0.4 is 10.7 Å². The molecule has 4 amide bonds. The highest BCUT2D eigenvalue weighted by Crippen LogP contribution is 2.38. The average Bonchev–Trinajstić information content (AvgIpc) is 3.11. The van der Waals surface area contributed by atoms with Gasteiger partial charge in [0.1, 0.15) is 12.1 Å². The fraction of sp³-hybridized carbons (Fsp3) is 0.346. The number of hydrogen-bond donors (Lipinski definition) is 2. The predicted molar refractivity (Wildman–Crippen MR) is 128 cm³/mol. The summed E-state index contributed by atoms with van der Waals surface area (Å²) < 4.78 is 5.01. The number of urea groups is 1. The second-order valence-electron chi connectivity index (χ2n) is 8.83. The molecule has 0 aromatic heterocycles. The maximum absolute atomic E-state index is 13.0. The molecule has 1 saturated carbocycles. The molecule has 35 heavy (non-hydrogen) atoms. The summed E-state index contributed by atoms with van der Waals surface area (Å²) in [7, 11) is 0. The fourth-order valence-electron chi connectivity index (χ4n) is 4.60. The van der Waals surface area contributed by atoms with Gasteiger partial charge in [0, 0.05) is 11.1 Å². The number of rotatable bonds is 7. The first-order valence-corrected chi connectivity index (χ1v) is 11.7. The van der Waals surface area contributed by atoms with Gasteiger partial charge in [-0.1, -0.05) is 80.4 Å². The molecule has 2 atom stereocenters. The molecule has 1 unspecified atom stereocenters. The van der Waals surface area contributed by atoms with Crippen LogP contribution in [0.5, 0.6) is 0 Å². The van der Waals surface area contributed by atoms with Crippen LogP contribution in [-0.4, -0.2) is 53.1 Å². The van der Waals surface area contributed by atoms with Gasteiger partial charge in [0.05, 0.1) is 5.71 Å². The Morgan fingerprint density at radius 1 is 1.06 bits per heavy atom. The molecule has 1 heterocycles. The molecular weight excluding hydrogens is 448 g/mol. The van der Waals surface area contributed by atoms with Crippen molar-refractivity contribution in [1.29, 1.82) is 0 Å². The van der Waals surface area contributed by atoms with Gasteiger partial charge in [-0.05, 0) is 18.8 Å². The van der Waals surface area contributed by atoms with E-state index in [0.29, 0.717) is 12.1 Å². The van der Waals surface area contributed by atoms with Crippen LogP contribution in [0.1, 0.15) is 43.7 Å². The number of nitrogens with one attached hydrogen (secondary N) is 2. The SMILES string of the molecule is CC1CCCC[C@@]12NC(=O)N(CC(=O)OCC(=O)NN=C(c1ccccc1)c1ccccc1)C2=O. The van der Waals surface area contributed by atoms with Crippen LogP contribution in [0.4, 0.5) is 4.79 Å². The number of ether oxygens (including phenoxy) is 1. The Balaban J connectivity index is 1.34. The minimum Gasteiger partial charge on any atom is -0.454 e. The summed E-state index contributed by atoms with van der Waals surface area (Å²) >= 11 is 0. The molecule has 1 spiro atoms. The monoisotopic (exact) mass is 476 g/mol. The first-order chi connectivity index (χ1) is 16.9. The Kier molecular flexibility index (Phi) is 7.24. The van der Waals surface area contributed by atoms with Crippen molar-refractivity contribution in [2.75, 3.05) is 13.2 Å². The summed E-state index contributed by atoms with van der Waals surface area (Å²) in [4.78, 5) is 50.9. The fourth-order valence-corrected chi connectivity index (χ4v) is 4.60. The molecule has 2 aromatic carbocycles. The Labute approximate surface area is 203 Å². The van der Waals surface area contributed by atoms with Crippen molar-refractivity contribution in [2.45, 2.75) is 38.1 Å². The number of carbonyl (C=O) groups is 4. The van der Waals surface area contributed by atoms with Gasteiger partial charge in [0.25, 0.3) is 11.8 Å². The normalized spacial score (nSPS) is 21.4. The van der Waals surface area contributed by atoms with Crippen LogP contribution in [0.3, 0.4) is 0 Å². The third kappa shape index (κ3) is 5.24. The van der Waals surface area contributed by atoms with Crippen molar-refractivity contribution in [2.24, 2.45) is 11.0 Å². The average molecular weight is 477 g/mol. The van der Waals surface area contributed by atoms with E-state index in [0.717, 1.165) is 35.3 Å². The molecule has 1 aliphatic carbocycles. The number of hydrogen-bond acceptors (Lipinski definition) is 6. The van der Waals surface area contributed by atoms with Crippen LogP contribution in [0.15, 0.2) is 65.8 Å². The summed E-state index contributed by atoms with van der Waals surface area (Å²) in [5.74, 6) is -1.91. The number of amides is 4. The maximum Gasteiger partial charge on any atom is 0.326 e. The molecule has 182 valence electrons. The summed E-state index contributed by atoms with van der Waals surface area (Å²) in [5.41, 5.74) is 3.62. The molecule has 2 fully saturated rings. The largest absolute Gasteiger partial charge is 0.454 e. The van der Waals surface area contributed by atoms with E-state index in [9.17, 15) is 19.2 Å². The summed E-state index contributed by atoms with van der Waals surface area (Å²) in [6.07, 6.45) is 3.22. The number of benzene rings is 2. The van der Waals surface area contributed by atoms with Crippen molar-refractivity contribution < 1.29 is 23.9 Å². The van der Waals surface area contributed by atoms with E-state index in [1.807, 2.05) is 67.6 Å². The van der Waals surface area contributed by atoms with Crippen molar-refractivity contribution in [3.63, 3.8) is 0 Å². The van der Waals surface area contributed by atoms with Crippen LogP contribution in [-0.2, 0) is 19.1 Å². The van der Waals surface area contributed by atoms with Gasteiger partial charge in [-0.25, -0.2) is 10.2 Å². The second kappa shape index (κ2) is 10.5. The molecule has 1 saturated heterocycles. The molecule has 9 nitrogen and oxygen atoms in total. The van der Waals surface area contributed by atoms with Crippen molar-refractivity contribution in [3.8, 4) is 0 Å². The third-order valence-corrected chi connectivity index (χ3v) is 6.54. The lowest BCUT2D eigenvalue weighted by Gasteiger charge is -2.36. The standard InChI is InChI=1S/C26H28N4O5/c1-18-10-8-9-15-26(18)24(33)30(25(34)27-26)16-22(32)35-17-21(31)28-29-23(19-11-4-2-5-12-19)20-13-6-3-7-14-20/h2-7,11-14,18H,8-10,15-17H2,1H3,(H,27,34)(H,28,31)/t18?,26-/m1/s1. The van der Waals surface area contributed by atoms with Crippen LogP contribution in [0.25, 0.3) is 0 Å². The molecular formula is C26H28N4O5. The summed E-state index contributed by atoms with van der Waals surface area (Å²) in [5, 5.41) is 7.02. The Bertz CT molecular complexity index is 1090. The highest BCUT2D eigenvalue weighted by Gasteiger charge is 2.55. The molecule has 2 aliphatic rings. The minimum atomic E-state index is -0.951. The van der Waals surface area contributed by atoms with Crippen molar-refractivity contribution in [1.82, 2.24) is 15.6 Å². The number of esters is 1. The van der Waals surface area contributed by atoms with E-state index in [2.05, 4.69) is 15.8 Å². The molecule has 1 aliphatic heterocycles. The highest BCUT2D eigenvalue weighted by molar-refractivity contribution is 6.13. The molecule has 0 radical (unpaired) electrons. The Morgan fingerprint density at radius 3 is 2.29 bits per heavy atom. The van der Waals surface area contributed by atoms with Crippen LogP contribution in [0.2, 0.25) is 0 Å². The number of imide groups is 1. The highest BCUT2D eigenvalue weighted by atomic mass is 16.5. The van der Waals surface area contributed by atoms with Crippen LogP contribution in [0, 0.1) is 5.92 Å². The minimum absolute atomic E-state index is 0.0132. The second-order valence-corrected chi connectivity index (χ2v) is 8.83. The molecule has 4 rings (SSSR count). The van der Waals surface area contributed by atoms with Gasteiger partial charge < -0.3 is 10.1 Å². The summed E-state index contributed by atoms with van der Waals surface area (Å²) in [6.45, 7) is 0.794. The van der Waals surface area contributed by atoms with Crippen molar-refractivity contribution in [3.05, 3.63) is 71.8 Å². The zero-order valence-electron chi connectivity index (χ0n) is 19.5. The van der Waals surface area contributed by atoms with E-state index in [-0.39, 0.29) is 5.92 Å². The predicted octanol–water partition coefficient (Wildman–Crippen LogP) is 2.60. The van der Waals surface area contributed by atoms with Crippen LogP contribution >= 0.6 is 0 Å². The zero-order valence-corrected chi connectivity index (χ0v) is 19.5. The first-order valence-electron chi connectivity index (χ1n) is 11.7. The quantitative estimate of drug-likeness (QED) is 0.276. The molecule has 0 bridgehead atoms. The number of carbonyl (C=O) groups excluding carboxylic acids is 4. The Morgan fingerprint density at radius 2 is 1.69 bits per heavy atom. The van der Waals surface area contributed by atoms with Gasteiger partial charge in [-0.15, -0.1) is 0 Å². The molecule has 2 aromatic rings. The molecule has 2 N–H and O–H groups in total. The van der Waals surface area contributed by atoms with Gasteiger partial charge in [0.2, 0.25) is 0 Å². The van der Waals surface area contributed by atoms with E-state index in [4.69, 9.17) is 4.74 Å². The first kappa shape index (κ1) is 24.1.